The number of fused-ring (bicyclic) bond motifs is 1. The first-order valence-corrected chi connectivity index (χ1v) is 10.1. The van der Waals surface area contributed by atoms with Gasteiger partial charge in [0.05, 0.1) is 0 Å². The molecule has 8 heteroatoms. The minimum atomic E-state index is -1.39. The fraction of sp³-hybridized carbons (Fsp3) is 0.0870. The van der Waals surface area contributed by atoms with Gasteiger partial charge in [-0.1, -0.05) is 36.1 Å². The number of anilines is 1. The van der Waals surface area contributed by atoms with Crippen molar-refractivity contribution in [2.24, 2.45) is 0 Å². The van der Waals surface area contributed by atoms with Crippen LogP contribution in [0.25, 0.3) is 11.1 Å². The molecular weight excluding hydrogens is 424 g/mol. The van der Waals surface area contributed by atoms with Crippen LogP contribution >= 0.6 is 11.3 Å². The first-order valence-electron chi connectivity index (χ1n) is 9.19. The molecule has 0 atom stereocenters. The minimum absolute atomic E-state index is 0.0247. The van der Waals surface area contributed by atoms with Crippen molar-refractivity contribution in [1.29, 1.82) is 0 Å². The molecule has 31 heavy (non-hydrogen) atoms. The predicted molar refractivity (Wildman–Crippen MR) is 112 cm³/mol. The number of hydrogen-bond acceptors (Lipinski definition) is 4. The Morgan fingerprint density at radius 3 is 2.68 bits per heavy atom. The summed E-state index contributed by atoms with van der Waals surface area (Å²) in [6, 6.07) is 9.86. The van der Waals surface area contributed by atoms with Crippen molar-refractivity contribution >= 4 is 28.2 Å². The lowest BCUT2D eigenvalue weighted by Gasteiger charge is -2.10. The summed E-state index contributed by atoms with van der Waals surface area (Å²) >= 11 is 0.892. The fourth-order valence-electron chi connectivity index (χ4n) is 3.15. The molecule has 0 aliphatic carbocycles. The van der Waals surface area contributed by atoms with Gasteiger partial charge in [0.1, 0.15) is 16.3 Å². The molecule has 156 valence electrons. The molecule has 0 bridgehead atoms. The Labute approximate surface area is 179 Å². The lowest BCUT2D eigenvalue weighted by Crippen LogP contribution is -2.18. The van der Waals surface area contributed by atoms with E-state index in [2.05, 4.69) is 11.0 Å². The number of carboxylic acid groups (broad SMARTS) is 1. The zero-order valence-corrected chi connectivity index (χ0v) is 17.0. The molecule has 0 spiro atoms. The second-order valence-electron chi connectivity index (χ2n) is 6.76. The second kappa shape index (κ2) is 8.18. The molecule has 1 aromatic heterocycles. The number of halogens is 2. The van der Waals surface area contributed by atoms with Crippen LogP contribution in [0.2, 0.25) is 0 Å². The van der Waals surface area contributed by atoms with E-state index in [4.69, 9.17) is 4.74 Å². The summed E-state index contributed by atoms with van der Waals surface area (Å²) in [4.78, 5) is 24.6. The molecule has 1 aliphatic rings. The van der Waals surface area contributed by atoms with E-state index in [0.717, 1.165) is 16.9 Å². The maximum Gasteiger partial charge on any atom is 0.339 e. The molecule has 0 unspecified atom stereocenters. The summed E-state index contributed by atoms with van der Waals surface area (Å²) < 4.78 is 34.1. The Balaban J connectivity index is 1.67. The van der Waals surface area contributed by atoms with E-state index in [-0.39, 0.29) is 33.0 Å². The third-order valence-electron chi connectivity index (χ3n) is 4.74. The molecule has 4 rings (SSSR count). The highest BCUT2D eigenvalue weighted by Gasteiger charge is 2.26. The molecule has 5 nitrogen and oxygen atoms in total. The number of carbonyl (C=O) groups is 2. The highest BCUT2D eigenvalue weighted by molar-refractivity contribution is 7.15. The largest absolute Gasteiger partial charge is 0.478 e. The standard InChI is InChI=1S/C23H15F2NO4S/c1-12-9-10-14(20(25)19(12)24)15-11-31-22(18(15)23(28)29)26-21(27)17-8-4-6-13-5-2-3-7-16(13)30-17/h2-5,7,9-11H,6H2,1H3,(H,26,27)(H,28,29). The minimum Gasteiger partial charge on any atom is -0.478 e. The summed E-state index contributed by atoms with van der Waals surface area (Å²) in [6.07, 6.45) is 2.16. The van der Waals surface area contributed by atoms with E-state index >= 15 is 0 Å². The third-order valence-corrected chi connectivity index (χ3v) is 5.64. The van der Waals surface area contributed by atoms with Gasteiger partial charge in [0, 0.05) is 22.9 Å². The van der Waals surface area contributed by atoms with Crippen LogP contribution in [-0.2, 0) is 11.2 Å². The van der Waals surface area contributed by atoms with Crippen molar-refractivity contribution in [3.8, 4) is 16.9 Å². The number of amides is 1. The van der Waals surface area contributed by atoms with Crippen LogP contribution in [0.1, 0.15) is 21.5 Å². The molecule has 1 amide bonds. The molecular formula is C23H15F2NO4S. The molecule has 0 saturated carbocycles. The van der Waals surface area contributed by atoms with Crippen LogP contribution in [0.3, 0.4) is 0 Å². The number of carbonyl (C=O) groups excluding carboxylic acids is 1. The zero-order chi connectivity index (χ0) is 22.1. The molecule has 0 saturated heterocycles. The Morgan fingerprint density at radius 1 is 1.13 bits per heavy atom. The number of nitrogens with one attached hydrogen (secondary N) is 1. The van der Waals surface area contributed by atoms with E-state index in [1.54, 1.807) is 18.2 Å². The van der Waals surface area contributed by atoms with Gasteiger partial charge >= 0.3 is 5.97 Å². The topological polar surface area (TPSA) is 75.6 Å². The quantitative estimate of drug-likeness (QED) is 0.540. The highest BCUT2D eigenvalue weighted by Crippen LogP contribution is 2.38. The first kappa shape index (κ1) is 20.5. The van der Waals surface area contributed by atoms with Gasteiger partial charge in [-0.05, 0) is 30.2 Å². The van der Waals surface area contributed by atoms with Crippen LogP contribution in [0, 0.1) is 18.6 Å². The van der Waals surface area contributed by atoms with E-state index in [9.17, 15) is 23.5 Å². The van der Waals surface area contributed by atoms with Gasteiger partial charge < -0.3 is 15.2 Å². The Hall–Kier alpha value is -3.74. The number of rotatable bonds is 4. The van der Waals surface area contributed by atoms with Crippen molar-refractivity contribution in [2.45, 2.75) is 13.3 Å². The number of thiophene rings is 1. The fourth-order valence-corrected chi connectivity index (χ4v) is 4.10. The van der Waals surface area contributed by atoms with Crippen LogP contribution in [0.4, 0.5) is 13.8 Å². The smallest absolute Gasteiger partial charge is 0.339 e. The van der Waals surface area contributed by atoms with Crippen LogP contribution in [0.15, 0.2) is 59.3 Å². The first-order chi connectivity index (χ1) is 14.9. The summed E-state index contributed by atoms with van der Waals surface area (Å²) in [5.74, 6) is -3.93. The maximum absolute atomic E-state index is 14.5. The van der Waals surface area contributed by atoms with Crippen LogP contribution in [-0.4, -0.2) is 17.0 Å². The lowest BCUT2D eigenvalue weighted by atomic mass is 10.0. The SMILES string of the molecule is Cc1ccc(-c2csc(NC(=O)C3=C=CCc4ccccc4O3)c2C(=O)O)c(F)c1F. The number of carboxylic acids is 1. The summed E-state index contributed by atoms with van der Waals surface area (Å²) in [5, 5.41) is 13.5. The molecule has 3 aromatic rings. The molecule has 2 heterocycles. The van der Waals surface area contributed by atoms with E-state index in [0.29, 0.717) is 12.2 Å². The molecule has 2 aromatic carbocycles. The summed E-state index contributed by atoms with van der Waals surface area (Å²) in [6.45, 7) is 1.41. The van der Waals surface area contributed by atoms with Crippen molar-refractivity contribution in [2.75, 3.05) is 5.32 Å². The monoisotopic (exact) mass is 439 g/mol. The van der Waals surface area contributed by atoms with Gasteiger partial charge in [0.2, 0.25) is 5.76 Å². The number of benzene rings is 2. The molecule has 0 fully saturated rings. The highest BCUT2D eigenvalue weighted by atomic mass is 32.1. The maximum atomic E-state index is 14.5. The number of aromatic carboxylic acids is 1. The number of hydrogen-bond donors (Lipinski definition) is 2. The normalized spacial score (nSPS) is 12.4. The van der Waals surface area contributed by atoms with Gasteiger partial charge in [-0.3, -0.25) is 4.79 Å². The van der Waals surface area contributed by atoms with Crippen LogP contribution < -0.4 is 10.1 Å². The van der Waals surface area contributed by atoms with Gasteiger partial charge in [-0.2, -0.15) is 0 Å². The number of aryl methyl sites for hydroxylation is 1. The van der Waals surface area contributed by atoms with Gasteiger partial charge in [0.15, 0.2) is 11.6 Å². The summed E-state index contributed by atoms with van der Waals surface area (Å²) in [7, 11) is 0. The Kier molecular flexibility index (Phi) is 5.42. The molecule has 2 N–H and O–H groups in total. The van der Waals surface area contributed by atoms with Crippen molar-refractivity contribution in [3.63, 3.8) is 0 Å². The molecule has 1 aliphatic heterocycles. The average molecular weight is 439 g/mol. The molecule has 0 radical (unpaired) electrons. The van der Waals surface area contributed by atoms with Gasteiger partial charge in [-0.15, -0.1) is 11.3 Å². The summed E-state index contributed by atoms with van der Waals surface area (Å²) in [5.41, 5.74) is 3.18. The van der Waals surface area contributed by atoms with Crippen molar-refractivity contribution in [1.82, 2.24) is 0 Å². The predicted octanol–water partition coefficient (Wildman–Crippen LogP) is 5.31. The van der Waals surface area contributed by atoms with Gasteiger partial charge in [0.25, 0.3) is 5.91 Å². The third kappa shape index (κ3) is 3.86. The van der Waals surface area contributed by atoms with Crippen LogP contribution in [0.5, 0.6) is 5.75 Å². The van der Waals surface area contributed by atoms with Crippen molar-refractivity contribution in [3.05, 3.63) is 87.7 Å². The Morgan fingerprint density at radius 2 is 1.90 bits per heavy atom. The zero-order valence-electron chi connectivity index (χ0n) is 16.2. The van der Waals surface area contributed by atoms with E-state index in [1.165, 1.54) is 24.4 Å². The Bertz CT molecular complexity index is 1290. The van der Waals surface area contributed by atoms with E-state index < -0.39 is 23.5 Å². The number of para-hydroxylation sites is 1. The lowest BCUT2D eigenvalue weighted by molar-refractivity contribution is -0.114. The van der Waals surface area contributed by atoms with Gasteiger partial charge in [-0.25, -0.2) is 13.6 Å². The van der Waals surface area contributed by atoms with Crippen molar-refractivity contribution < 1.29 is 28.2 Å². The second-order valence-corrected chi connectivity index (χ2v) is 7.64. The average Bonchev–Trinajstić information content (AvgIpc) is 3.02. The van der Waals surface area contributed by atoms with E-state index in [1.807, 2.05) is 12.1 Å². The number of ether oxygens (including phenoxy) is 1.